The predicted octanol–water partition coefficient (Wildman–Crippen LogP) is 5.34. The lowest BCUT2D eigenvalue weighted by Crippen LogP contribution is -2.08. The summed E-state index contributed by atoms with van der Waals surface area (Å²) in [5.41, 5.74) is 2.65. The molecule has 0 fully saturated rings. The standard InChI is InChI=1S/C20H15BrO3/c1-23-19-12-9-16(13-18(19)21)20(22)24-17-10-7-15(8-11-17)14-5-3-2-4-6-14/h2-13H,1H3. The third-order valence-corrected chi connectivity index (χ3v) is 4.18. The summed E-state index contributed by atoms with van der Waals surface area (Å²) in [5.74, 6) is 0.760. The van der Waals surface area contributed by atoms with Crippen LogP contribution in [0, 0.1) is 0 Å². The first-order chi connectivity index (χ1) is 11.7. The van der Waals surface area contributed by atoms with E-state index in [0.717, 1.165) is 11.1 Å². The van der Waals surface area contributed by atoms with Crippen LogP contribution in [0.25, 0.3) is 11.1 Å². The van der Waals surface area contributed by atoms with Crippen molar-refractivity contribution in [3.63, 3.8) is 0 Å². The minimum atomic E-state index is -0.411. The molecule has 0 aliphatic rings. The van der Waals surface area contributed by atoms with Crippen LogP contribution in [-0.2, 0) is 0 Å². The van der Waals surface area contributed by atoms with Crippen LogP contribution >= 0.6 is 15.9 Å². The molecule has 120 valence electrons. The minimum absolute atomic E-state index is 0.411. The Labute approximate surface area is 149 Å². The number of esters is 1. The Morgan fingerprint density at radius 1 is 0.875 bits per heavy atom. The summed E-state index contributed by atoms with van der Waals surface area (Å²) < 4.78 is 11.3. The zero-order chi connectivity index (χ0) is 16.9. The van der Waals surface area contributed by atoms with Gasteiger partial charge in [-0.15, -0.1) is 0 Å². The number of ether oxygens (including phenoxy) is 2. The van der Waals surface area contributed by atoms with E-state index in [1.165, 1.54) is 0 Å². The first kappa shape index (κ1) is 16.3. The maximum Gasteiger partial charge on any atom is 0.343 e. The monoisotopic (exact) mass is 382 g/mol. The highest BCUT2D eigenvalue weighted by atomic mass is 79.9. The van der Waals surface area contributed by atoms with Gasteiger partial charge in [0.15, 0.2) is 0 Å². The number of carbonyl (C=O) groups excluding carboxylic acids is 1. The van der Waals surface area contributed by atoms with E-state index in [1.54, 1.807) is 37.4 Å². The maximum atomic E-state index is 12.2. The highest BCUT2D eigenvalue weighted by molar-refractivity contribution is 9.10. The average Bonchev–Trinajstić information content (AvgIpc) is 2.63. The van der Waals surface area contributed by atoms with Gasteiger partial charge in [0.1, 0.15) is 11.5 Å². The Hall–Kier alpha value is -2.59. The number of halogens is 1. The molecule has 0 saturated carbocycles. The zero-order valence-electron chi connectivity index (χ0n) is 13.0. The van der Waals surface area contributed by atoms with Gasteiger partial charge in [-0.25, -0.2) is 4.79 Å². The molecule has 3 nitrogen and oxygen atoms in total. The molecule has 0 N–H and O–H groups in total. The summed E-state index contributed by atoms with van der Waals surface area (Å²) in [5, 5.41) is 0. The lowest BCUT2D eigenvalue weighted by atomic mass is 10.1. The van der Waals surface area contributed by atoms with E-state index in [2.05, 4.69) is 15.9 Å². The highest BCUT2D eigenvalue weighted by Crippen LogP contribution is 2.27. The second kappa shape index (κ2) is 7.32. The topological polar surface area (TPSA) is 35.5 Å². The van der Waals surface area contributed by atoms with Crippen molar-refractivity contribution in [1.29, 1.82) is 0 Å². The smallest absolute Gasteiger partial charge is 0.343 e. The van der Waals surface area contributed by atoms with Gasteiger partial charge in [-0.3, -0.25) is 0 Å². The normalized spacial score (nSPS) is 10.2. The summed E-state index contributed by atoms with van der Waals surface area (Å²) in [6, 6.07) is 22.6. The quantitative estimate of drug-likeness (QED) is 0.451. The van der Waals surface area contributed by atoms with E-state index < -0.39 is 5.97 Å². The van der Waals surface area contributed by atoms with Gasteiger partial charge < -0.3 is 9.47 Å². The molecule has 0 aromatic heterocycles. The molecular formula is C20H15BrO3. The van der Waals surface area contributed by atoms with Crippen LogP contribution in [0.15, 0.2) is 77.3 Å². The fourth-order valence-corrected chi connectivity index (χ4v) is 2.85. The van der Waals surface area contributed by atoms with E-state index in [-0.39, 0.29) is 0 Å². The third kappa shape index (κ3) is 3.66. The molecule has 0 bridgehead atoms. The van der Waals surface area contributed by atoms with E-state index in [9.17, 15) is 4.79 Å². The fourth-order valence-electron chi connectivity index (χ4n) is 2.31. The molecule has 0 heterocycles. The van der Waals surface area contributed by atoms with Gasteiger partial charge >= 0.3 is 5.97 Å². The van der Waals surface area contributed by atoms with E-state index in [4.69, 9.17) is 9.47 Å². The summed E-state index contributed by atoms with van der Waals surface area (Å²) in [4.78, 5) is 12.2. The molecule has 4 heteroatoms. The van der Waals surface area contributed by atoms with Crippen molar-refractivity contribution in [3.05, 3.63) is 82.8 Å². The van der Waals surface area contributed by atoms with Crippen LogP contribution in [0.2, 0.25) is 0 Å². The fraction of sp³-hybridized carbons (Fsp3) is 0.0500. The summed E-state index contributed by atoms with van der Waals surface area (Å²) >= 11 is 3.36. The molecule has 24 heavy (non-hydrogen) atoms. The Morgan fingerprint density at radius 2 is 1.54 bits per heavy atom. The van der Waals surface area contributed by atoms with Crippen molar-refractivity contribution in [2.75, 3.05) is 7.11 Å². The number of hydrogen-bond acceptors (Lipinski definition) is 3. The van der Waals surface area contributed by atoms with Crippen molar-refractivity contribution in [2.24, 2.45) is 0 Å². The van der Waals surface area contributed by atoms with Crippen LogP contribution in [0.4, 0.5) is 0 Å². The molecule has 0 atom stereocenters. The predicted molar refractivity (Wildman–Crippen MR) is 97.5 cm³/mol. The lowest BCUT2D eigenvalue weighted by Gasteiger charge is -2.08. The van der Waals surface area contributed by atoms with Gasteiger partial charge in [0.25, 0.3) is 0 Å². The zero-order valence-corrected chi connectivity index (χ0v) is 14.6. The lowest BCUT2D eigenvalue weighted by molar-refractivity contribution is 0.0734. The van der Waals surface area contributed by atoms with Gasteiger partial charge in [0.05, 0.1) is 17.1 Å². The first-order valence-corrected chi connectivity index (χ1v) is 8.18. The maximum absolute atomic E-state index is 12.2. The molecule has 0 amide bonds. The van der Waals surface area contributed by atoms with Gasteiger partial charge in [0.2, 0.25) is 0 Å². The third-order valence-electron chi connectivity index (χ3n) is 3.56. The van der Waals surface area contributed by atoms with Gasteiger partial charge in [0, 0.05) is 0 Å². The van der Waals surface area contributed by atoms with Gasteiger partial charge in [-0.1, -0.05) is 42.5 Å². The number of carbonyl (C=O) groups is 1. The molecule has 0 aliphatic heterocycles. The number of rotatable bonds is 4. The van der Waals surface area contributed by atoms with E-state index >= 15 is 0 Å². The SMILES string of the molecule is COc1ccc(C(=O)Oc2ccc(-c3ccccc3)cc2)cc1Br. The van der Waals surface area contributed by atoms with E-state index in [0.29, 0.717) is 21.5 Å². The second-order valence-electron chi connectivity index (χ2n) is 5.13. The molecule has 3 rings (SSSR count). The Morgan fingerprint density at radius 3 is 2.17 bits per heavy atom. The molecule has 3 aromatic rings. The molecule has 0 unspecified atom stereocenters. The van der Waals surface area contributed by atoms with Crippen LogP contribution in [-0.4, -0.2) is 13.1 Å². The summed E-state index contributed by atoms with van der Waals surface area (Å²) in [7, 11) is 1.58. The van der Waals surface area contributed by atoms with Crippen LogP contribution in [0.5, 0.6) is 11.5 Å². The second-order valence-corrected chi connectivity index (χ2v) is 5.98. The van der Waals surface area contributed by atoms with Crippen LogP contribution < -0.4 is 9.47 Å². The largest absolute Gasteiger partial charge is 0.496 e. The summed E-state index contributed by atoms with van der Waals surface area (Å²) in [6.45, 7) is 0. The van der Waals surface area contributed by atoms with Crippen molar-refractivity contribution in [1.82, 2.24) is 0 Å². The van der Waals surface area contributed by atoms with Crippen molar-refractivity contribution < 1.29 is 14.3 Å². The van der Waals surface area contributed by atoms with Gasteiger partial charge in [-0.05, 0) is 57.4 Å². The Kier molecular flexibility index (Phi) is 4.96. The number of methoxy groups -OCH3 is 1. The van der Waals surface area contributed by atoms with Crippen molar-refractivity contribution in [2.45, 2.75) is 0 Å². The highest BCUT2D eigenvalue weighted by Gasteiger charge is 2.11. The molecule has 0 radical (unpaired) electrons. The molecule has 0 saturated heterocycles. The number of hydrogen-bond donors (Lipinski definition) is 0. The van der Waals surface area contributed by atoms with Crippen LogP contribution in [0.3, 0.4) is 0 Å². The summed E-state index contributed by atoms with van der Waals surface area (Å²) in [6.07, 6.45) is 0. The first-order valence-electron chi connectivity index (χ1n) is 7.38. The molecule has 3 aromatic carbocycles. The van der Waals surface area contributed by atoms with Gasteiger partial charge in [-0.2, -0.15) is 0 Å². The number of benzene rings is 3. The Bertz CT molecular complexity index is 843. The van der Waals surface area contributed by atoms with E-state index in [1.807, 2.05) is 42.5 Å². The van der Waals surface area contributed by atoms with Crippen LogP contribution in [0.1, 0.15) is 10.4 Å². The molecule has 0 spiro atoms. The Balaban J connectivity index is 1.74. The molecule has 0 aliphatic carbocycles. The molecular weight excluding hydrogens is 368 g/mol. The minimum Gasteiger partial charge on any atom is -0.496 e. The average molecular weight is 383 g/mol. The van der Waals surface area contributed by atoms with Crippen molar-refractivity contribution in [3.8, 4) is 22.6 Å². The van der Waals surface area contributed by atoms with Crippen molar-refractivity contribution >= 4 is 21.9 Å².